The van der Waals surface area contributed by atoms with E-state index in [1.807, 2.05) is 6.92 Å². The number of hydrogen-bond donors (Lipinski definition) is 1. The molecule has 0 aliphatic carbocycles. The van der Waals surface area contributed by atoms with E-state index in [0.717, 1.165) is 31.7 Å². The van der Waals surface area contributed by atoms with Crippen LogP contribution < -0.4 is 5.32 Å². The molecule has 0 bridgehead atoms. The highest BCUT2D eigenvalue weighted by molar-refractivity contribution is 4.87. The predicted octanol–water partition coefficient (Wildman–Crippen LogP) is 1.19. The summed E-state index contributed by atoms with van der Waals surface area (Å²) in [6, 6.07) is 0. The van der Waals surface area contributed by atoms with Crippen LogP contribution >= 0.6 is 0 Å². The molecular formula is C10H17NO. The molecule has 0 aromatic heterocycles. The molecule has 0 spiro atoms. The minimum absolute atomic E-state index is 0.650. The molecule has 0 fully saturated rings. The summed E-state index contributed by atoms with van der Waals surface area (Å²) in [5, 5.41) is 3.16. The van der Waals surface area contributed by atoms with Crippen LogP contribution in [0.3, 0.4) is 0 Å². The molecule has 0 aromatic rings. The van der Waals surface area contributed by atoms with Crippen molar-refractivity contribution in [3.8, 4) is 12.3 Å². The van der Waals surface area contributed by atoms with Crippen molar-refractivity contribution in [1.82, 2.24) is 5.32 Å². The van der Waals surface area contributed by atoms with Crippen molar-refractivity contribution in [3.05, 3.63) is 12.2 Å². The molecule has 2 heteroatoms. The van der Waals surface area contributed by atoms with Gasteiger partial charge in [0.25, 0.3) is 0 Å². The van der Waals surface area contributed by atoms with Crippen LogP contribution in [-0.4, -0.2) is 26.3 Å². The topological polar surface area (TPSA) is 21.3 Å². The van der Waals surface area contributed by atoms with Crippen LogP contribution in [0.25, 0.3) is 0 Å². The van der Waals surface area contributed by atoms with E-state index in [-0.39, 0.29) is 0 Å². The van der Waals surface area contributed by atoms with Gasteiger partial charge in [-0.25, -0.2) is 0 Å². The van der Waals surface area contributed by atoms with Gasteiger partial charge < -0.3 is 10.1 Å². The van der Waals surface area contributed by atoms with Crippen molar-refractivity contribution in [1.29, 1.82) is 0 Å². The quantitative estimate of drug-likeness (QED) is 0.349. The summed E-state index contributed by atoms with van der Waals surface area (Å²) in [5.41, 5.74) is 1.05. The van der Waals surface area contributed by atoms with E-state index in [1.165, 1.54) is 0 Å². The number of rotatable bonds is 7. The summed E-state index contributed by atoms with van der Waals surface area (Å²) in [7, 11) is 0. The maximum Gasteiger partial charge on any atom is 0.0672 e. The van der Waals surface area contributed by atoms with Gasteiger partial charge in [0.1, 0.15) is 0 Å². The van der Waals surface area contributed by atoms with Gasteiger partial charge in [0, 0.05) is 19.5 Å². The standard InChI is InChI=1S/C10H17NO/c1-4-5-6-11-7-8-12-9-10(2)3/h1,11H,2,5-9H2,3H3. The molecule has 2 nitrogen and oxygen atoms in total. The molecule has 0 atom stereocenters. The van der Waals surface area contributed by atoms with Crippen molar-refractivity contribution >= 4 is 0 Å². The van der Waals surface area contributed by atoms with Gasteiger partial charge in [-0.15, -0.1) is 12.3 Å². The minimum atomic E-state index is 0.650. The van der Waals surface area contributed by atoms with Crippen LogP contribution in [0, 0.1) is 12.3 Å². The smallest absolute Gasteiger partial charge is 0.0672 e. The summed E-state index contributed by atoms with van der Waals surface area (Å²) in [6.07, 6.45) is 5.85. The van der Waals surface area contributed by atoms with E-state index in [2.05, 4.69) is 17.8 Å². The summed E-state index contributed by atoms with van der Waals surface area (Å²) in [4.78, 5) is 0. The Labute approximate surface area is 75.0 Å². The summed E-state index contributed by atoms with van der Waals surface area (Å²) in [5.74, 6) is 2.56. The largest absolute Gasteiger partial charge is 0.376 e. The van der Waals surface area contributed by atoms with Crippen LogP contribution in [0.1, 0.15) is 13.3 Å². The van der Waals surface area contributed by atoms with Crippen LogP contribution in [0.2, 0.25) is 0 Å². The zero-order valence-electron chi connectivity index (χ0n) is 7.73. The molecule has 0 heterocycles. The maximum atomic E-state index is 5.26. The minimum Gasteiger partial charge on any atom is -0.376 e. The normalized spacial score (nSPS) is 9.33. The van der Waals surface area contributed by atoms with E-state index < -0.39 is 0 Å². The lowest BCUT2D eigenvalue weighted by atomic mass is 10.4. The molecule has 68 valence electrons. The number of hydrogen-bond acceptors (Lipinski definition) is 2. The highest BCUT2D eigenvalue weighted by Gasteiger charge is 1.87. The molecule has 0 aromatic carbocycles. The Bertz CT molecular complexity index is 158. The average molecular weight is 167 g/mol. The summed E-state index contributed by atoms with van der Waals surface area (Å²) >= 11 is 0. The molecule has 0 rings (SSSR count). The monoisotopic (exact) mass is 167 g/mol. The molecule has 0 unspecified atom stereocenters. The molecule has 0 radical (unpaired) electrons. The molecule has 0 saturated carbocycles. The SMILES string of the molecule is C#CCCNCCOCC(=C)C. The fraction of sp³-hybridized carbons (Fsp3) is 0.600. The first-order chi connectivity index (χ1) is 5.77. The summed E-state index contributed by atoms with van der Waals surface area (Å²) < 4.78 is 5.26. The van der Waals surface area contributed by atoms with Crippen LogP contribution in [0.4, 0.5) is 0 Å². The van der Waals surface area contributed by atoms with E-state index in [4.69, 9.17) is 11.2 Å². The third-order valence-electron chi connectivity index (χ3n) is 1.22. The Morgan fingerprint density at radius 2 is 2.33 bits per heavy atom. The highest BCUT2D eigenvalue weighted by Crippen LogP contribution is 1.86. The lowest BCUT2D eigenvalue weighted by molar-refractivity contribution is 0.158. The molecule has 1 N–H and O–H groups in total. The second kappa shape index (κ2) is 8.32. The third kappa shape index (κ3) is 9.22. The number of terminal acetylenes is 1. The maximum absolute atomic E-state index is 5.26. The van der Waals surface area contributed by atoms with E-state index in [1.54, 1.807) is 0 Å². The molecule has 0 aliphatic rings. The van der Waals surface area contributed by atoms with Gasteiger partial charge in [0.15, 0.2) is 0 Å². The second-order valence-electron chi connectivity index (χ2n) is 2.71. The van der Waals surface area contributed by atoms with Gasteiger partial charge in [-0.3, -0.25) is 0 Å². The Hall–Kier alpha value is -0.780. The van der Waals surface area contributed by atoms with Crippen molar-refractivity contribution in [3.63, 3.8) is 0 Å². The third-order valence-corrected chi connectivity index (χ3v) is 1.22. The molecule has 0 saturated heterocycles. The van der Waals surface area contributed by atoms with Crippen LogP contribution in [-0.2, 0) is 4.74 Å². The van der Waals surface area contributed by atoms with Crippen molar-refractivity contribution in [2.45, 2.75) is 13.3 Å². The van der Waals surface area contributed by atoms with Gasteiger partial charge in [-0.2, -0.15) is 0 Å². The molecule has 0 amide bonds. The Kier molecular flexibility index (Phi) is 7.78. The fourth-order valence-electron chi connectivity index (χ4n) is 0.676. The Balaban J connectivity index is 2.92. The second-order valence-corrected chi connectivity index (χ2v) is 2.71. The Morgan fingerprint density at radius 3 is 2.92 bits per heavy atom. The first kappa shape index (κ1) is 11.2. The van der Waals surface area contributed by atoms with Gasteiger partial charge in [0.05, 0.1) is 13.2 Å². The van der Waals surface area contributed by atoms with Gasteiger partial charge >= 0.3 is 0 Å². The zero-order valence-corrected chi connectivity index (χ0v) is 7.73. The van der Waals surface area contributed by atoms with Crippen LogP contribution in [0.5, 0.6) is 0 Å². The number of nitrogens with one attached hydrogen (secondary N) is 1. The lowest BCUT2D eigenvalue weighted by Crippen LogP contribution is -2.20. The molecule has 0 aliphatic heterocycles. The van der Waals surface area contributed by atoms with Gasteiger partial charge in [0.2, 0.25) is 0 Å². The fourth-order valence-corrected chi connectivity index (χ4v) is 0.676. The average Bonchev–Trinajstić information content (AvgIpc) is 2.02. The Morgan fingerprint density at radius 1 is 1.58 bits per heavy atom. The van der Waals surface area contributed by atoms with E-state index in [0.29, 0.717) is 6.61 Å². The van der Waals surface area contributed by atoms with Gasteiger partial charge in [-0.1, -0.05) is 12.2 Å². The lowest BCUT2D eigenvalue weighted by Gasteiger charge is -2.03. The van der Waals surface area contributed by atoms with E-state index >= 15 is 0 Å². The van der Waals surface area contributed by atoms with Crippen LogP contribution in [0.15, 0.2) is 12.2 Å². The molecular weight excluding hydrogens is 150 g/mol. The van der Waals surface area contributed by atoms with E-state index in [9.17, 15) is 0 Å². The summed E-state index contributed by atoms with van der Waals surface area (Å²) in [6.45, 7) is 8.77. The van der Waals surface area contributed by atoms with Crippen molar-refractivity contribution < 1.29 is 4.74 Å². The first-order valence-electron chi connectivity index (χ1n) is 4.13. The van der Waals surface area contributed by atoms with Gasteiger partial charge in [-0.05, 0) is 6.92 Å². The van der Waals surface area contributed by atoms with Crippen molar-refractivity contribution in [2.24, 2.45) is 0 Å². The van der Waals surface area contributed by atoms with Crippen molar-refractivity contribution in [2.75, 3.05) is 26.3 Å². The highest BCUT2D eigenvalue weighted by atomic mass is 16.5. The number of ether oxygens (including phenoxy) is 1. The molecule has 12 heavy (non-hydrogen) atoms. The zero-order chi connectivity index (χ0) is 9.23. The predicted molar refractivity (Wildman–Crippen MR) is 52.0 cm³/mol. The first-order valence-corrected chi connectivity index (χ1v) is 4.13.